The second kappa shape index (κ2) is 3.88. The maximum atomic E-state index is 11.0. The lowest BCUT2D eigenvalue weighted by molar-refractivity contribution is 0.112. The summed E-state index contributed by atoms with van der Waals surface area (Å²) in [6.07, 6.45) is 0.776. The minimum atomic E-state index is 0.494. The standard InChI is InChI=1S/C15H12O3/c1-9-6-7-13-14(10(9)2)18-15-11(8-16)4-3-5-12(15)17-13/h3-8H,1-2H3. The molecule has 0 aliphatic carbocycles. The van der Waals surface area contributed by atoms with Crippen LogP contribution in [0.5, 0.6) is 23.0 Å². The molecule has 0 spiro atoms. The second-order valence-electron chi connectivity index (χ2n) is 4.33. The van der Waals surface area contributed by atoms with E-state index in [-0.39, 0.29) is 0 Å². The van der Waals surface area contributed by atoms with Crippen molar-refractivity contribution in [1.82, 2.24) is 0 Å². The monoisotopic (exact) mass is 240 g/mol. The van der Waals surface area contributed by atoms with Gasteiger partial charge >= 0.3 is 0 Å². The van der Waals surface area contributed by atoms with Crippen molar-refractivity contribution in [2.24, 2.45) is 0 Å². The van der Waals surface area contributed by atoms with Crippen molar-refractivity contribution in [2.75, 3.05) is 0 Å². The molecule has 0 fully saturated rings. The number of fused-ring (bicyclic) bond motifs is 2. The summed E-state index contributed by atoms with van der Waals surface area (Å²) in [7, 11) is 0. The predicted molar refractivity (Wildman–Crippen MR) is 67.9 cm³/mol. The van der Waals surface area contributed by atoms with Crippen LogP contribution in [0.1, 0.15) is 21.5 Å². The fraction of sp³-hybridized carbons (Fsp3) is 0.133. The zero-order valence-corrected chi connectivity index (χ0v) is 10.2. The van der Waals surface area contributed by atoms with Crippen LogP contribution in [0.4, 0.5) is 0 Å². The van der Waals surface area contributed by atoms with Gasteiger partial charge in [-0.15, -0.1) is 0 Å². The summed E-state index contributed by atoms with van der Waals surface area (Å²) in [5, 5.41) is 0. The molecule has 2 aromatic carbocycles. The highest BCUT2D eigenvalue weighted by molar-refractivity contribution is 5.82. The van der Waals surface area contributed by atoms with Crippen molar-refractivity contribution >= 4 is 6.29 Å². The lowest BCUT2D eigenvalue weighted by atomic mass is 10.1. The third-order valence-electron chi connectivity index (χ3n) is 3.20. The van der Waals surface area contributed by atoms with Crippen molar-refractivity contribution < 1.29 is 14.3 Å². The summed E-state index contributed by atoms with van der Waals surface area (Å²) in [6, 6.07) is 9.16. The lowest BCUT2D eigenvalue weighted by Gasteiger charge is -2.23. The fourth-order valence-electron chi connectivity index (χ4n) is 2.01. The number of aldehydes is 1. The van der Waals surface area contributed by atoms with E-state index in [1.165, 1.54) is 0 Å². The SMILES string of the molecule is Cc1ccc2c(c1C)Oc1c(C=O)cccc1O2. The first-order chi connectivity index (χ1) is 8.70. The van der Waals surface area contributed by atoms with E-state index in [9.17, 15) is 4.79 Å². The molecule has 0 bridgehead atoms. The zero-order valence-electron chi connectivity index (χ0n) is 10.2. The van der Waals surface area contributed by atoms with Crippen molar-refractivity contribution in [3.8, 4) is 23.0 Å². The van der Waals surface area contributed by atoms with Crippen LogP contribution in [-0.4, -0.2) is 6.29 Å². The van der Waals surface area contributed by atoms with Crippen LogP contribution < -0.4 is 9.47 Å². The van der Waals surface area contributed by atoms with Gasteiger partial charge in [0.2, 0.25) is 0 Å². The van der Waals surface area contributed by atoms with Crippen LogP contribution in [0.2, 0.25) is 0 Å². The topological polar surface area (TPSA) is 35.5 Å². The number of carbonyl (C=O) groups excluding carboxylic acids is 1. The van der Waals surface area contributed by atoms with Crippen LogP contribution in [-0.2, 0) is 0 Å². The number of para-hydroxylation sites is 1. The van der Waals surface area contributed by atoms with Crippen molar-refractivity contribution in [2.45, 2.75) is 13.8 Å². The first-order valence-corrected chi connectivity index (χ1v) is 5.75. The number of carbonyl (C=O) groups is 1. The van der Waals surface area contributed by atoms with Crippen LogP contribution in [0.3, 0.4) is 0 Å². The first kappa shape index (κ1) is 10.8. The van der Waals surface area contributed by atoms with E-state index < -0.39 is 0 Å². The molecule has 0 atom stereocenters. The molecule has 0 amide bonds. The molecule has 0 saturated heterocycles. The highest BCUT2D eigenvalue weighted by Gasteiger charge is 2.23. The van der Waals surface area contributed by atoms with Gasteiger partial charge in [0.05, 0.1) is 5.56 Å². The zero-order chi connectivity index (χ0) is 12.7. The number of hydrogen-bond donors (Lipinski definition) is 0. The predicted octanol–water partition coefficient (Wildman–Crippen LogP) is 4.01. The molecule has 90 valence electrons. The molecular formula is C15H12O3. The minimum Gasteiger partial charge on any atom is -0.449 e. The Balaban J connectivity index is 2.18. The average Bonchev–Trinajstić information content (AvgIpc) is 2.41. The summed E-state index contributed by atoms with van der Waals surface area (Å²) >= 11 is 0. The number of rotatable bonds is 1. The highest BCUT2D eigenvalue weighted by atomic mass is 16.6. The molecule has 1 heterocycles. The summed E-state index contributed by atoms with van der Waals surface area (Å²) in [5.74, 6) is 2.45. The maximum absolute atomic E-state index is 11.0. The van der Waals surface area contributed by atoms with Crippen LogP contribution in [0.25, 0.3) is 0 Å². The van der Waals surface area contributed by atoms with E-state index in [1.54, 1.807) is 18.2 Å². The van der Waals surface area contributed by atoms with E-state index in [4.69, 9.17) is 9.47 Å². The van der Waals surface area contributed by atoms with Gasteiger partial charge in [-0.05, 0) is 43.2 Å². The average molecular weight is 240 g/mol. The molecule has 18 heavy (non-hydrogen) atoms. The van der Waals surface area contributed by atoms with Gasteiger partial charge in [0.1, 0.15) is 0 Å². The molecule has 1 aliphatic rings. The van der Waals surface area contributed by atoms with E-state index in [0.29, 0.717) is 28.6 Å². The molecular weight excluding hydrogens is 228 g/mol. The van der Waals surface area contributed by atoms with Crippen LogP contribution >= 0.6 is 0 Å². The Morgan fingerprint density at radius 2 is 1.72 bits per heavy atom. The highest BCUT2D eigenvalue weighted by Crippen LogP contribution is 2.48. The van der Waals surface area contributed by atoms with E-state index in [0.717, 1.165) is 17.4 Å². The Kier molecular flexibility index (Phi) is 2.33. The van der Waals surface area contributed by atoms with Gasteiger partial charge in [0.15, 0.2) is 29.3 Å². The molecule has 2 aromatic rings. The number of benzene rings is 2. The van der Waals surface area contributed by atoms with Crippen LogP contribution in [0.15, 0.2) is 30.3 Å². The number of aryl methyl sites for hydroxylation is 1. The molecule has 0 unspecified atom stereocenters. The largest absolute Gasteiger partial charge is 0.449 e. The van der Waals surface area contributed by atoms with Gasteiger partial charge in [-0.3, -0.25) is 4.79 Å². The second-order valence-corrected chi connectivity index (χ2v) is 4.33. The minimum absolute atomic E-state index is 0.494. The Morgan fingerprint density at radius 3 is 2.50 bits per heavy atom. The summed E-state index contributed by atoms with van der Waals surface area (Å²) in [5.41, 5.74) is 2.65. The number of ether oxygens (including phenoxy) is 2. The molecule has 3 rings (SSSR count). The van der Waals surface area contributed by atoms with E-state index >= 15 is 0 Å². The Labute approximate surface area is 105 Å². The van der Waals surface area contributed by atoms with Crippen LogP contribution in [0, 0.1) is 13.8 Å². The van der Waals surface area contributed by atoms with Gasteiger partial charge in [-0.1, -0.05) is 12.1 Å². The molecule has 0 radical (unpaired) electrons. The fourth-order valence-corrected chi connectivity index (χ4v) is 2.01. The lowest BCUT2D eigenvalue weighted by Crippen LogP contribution is -2.03. The van der Waals surface area contributed by atoms with Crippen molar-refractivity contribution in [3.63, 3.8) is 0 Å². The van der Waals surface area contributed by atoms with Gasteiger partial charge < -0.3 is 9.47 Å². The van der Waals surface area contributed by atoms with Gasteiger partial charge in [-0.25, -0.2) is 0 Å². The molecule has 0 saturated carbocycles. The first-order valence-electron chi connectivity index (χ1n) is 5.75. The summed E-state index contributed by atoms with van der Waals surface area (Å²) in [6.45, 7) is 3.99. The van der Waals surface area contributed by atoms with Gasteiger partial charge in [-0.2, -0.15) is 0 Å². The van der Waals surface area contributed by atoms with Crippen molar-refractivity contribution in [3.05, 3.63) is 47.0 Å². The third-order valence-corrected chi connectivity index (χ3v) is 3.20. The Hall–Kier alpha value is -2.29. The quantitative estimate of drug-likeness (QED) is 0.603. The van der Waals surface area contributed by atoms with Crippen molar-refractivity contribution in [1.29, 1.82) is 0 Å². The Morgan fingerprint density at radius 1 is 0.944 bits per heavy atom. The molecule has 0 aromatic heterocycles. The smallest absolute Gasteiger partial charge is 0.180 e. The number of hydrogen-bond acceptors (Lipinski definition) is 3. The normalized spacial score (nSPS) is 11.9. The molecule has 3 nitrogen and oxygen atoms in total. The summed E-state index contributed by atoms with van der Waals surface area (Å²) in [4.78, 5) is 11.0. The molecule has 1 aliphatic heterocycles. The van der Waals surface area contributed by atoms with Gasteiger partial charge in [0.25, 0.3) is 0 Å². The summed E-state index contributed by atoms with van der Waals surface area (Å²) < 4.78 is 11.6. The molecule has 0 N–H and O–H groups in total. The maximum Gasteiger partial charge on any atom is 0.180 e. The Bertz CT molecular complexity index is 644. The van der Waals surface area contributed by atoms with E-state index in [2.05, 4.69) is 0 Å². The molecule has 3 heteroatoms. The van der Waals surface area contributed by atoms with E-state index in [1.807, 2.05) is 26.0 Å². The van der Waals surface area contributed by atoms with Gasteiger partial charge in [0, 0.05) is 0 Å². The third kappa shape index (κ3) is 1.48.